The first-order valence-corrected chi connectivity index (χ1v) is 6.16. The van der Waals surface area contributed by atoms with Crippen LogP contribution in [0.1, 0.15) is 0 Å². The average molecular weight is 265 g/mol. The molecule has 3 rings (SSSR count). The second-order valence-corrected chi connectivity index (χ2v) is 4.74. The molecule has 7 nitrogen and oxygen atoms in total. The van der Waals surface area contributed by atoms with E-state index in [2.05, 4.69) is 4.90 Å². The smallest absolute Gasteiger partial charge is 0.296 e. The summed E-state index contributed by atoms with van der Waals surface area (Å²) in [5, 5.41) is 11.2. The zero-order valence-corrected chi connectivity index (χ0v) is 10.7. The van der Waals surface area contributed by atoms with E-state index >= 15 is 0 Å². The number of likely N-dealkylation sites (N-methyl/N-ethyl adjacent to an activating group) is 1. The van der Waals surface area contributed by atoms with Gasteiger partial charge in [-0.15, -0.1) is 0 Å². The molecule has 0 unspecified atom stereocenters. The lowest BCUT2D eigenvalue weighted by Gasteiger charge is -2.33. The fourth-order valence-corrected chi connectivity index (χ4v) is 2.37. The van der Waals surface area contributed by atoms with E-state index in [0.717, 1.165) is 26.2 Å². The molecule has 0 N–H and O–H groups in total. The Balaban J connectivity index is 1.97. The minimum Gasteiger partial charge on any atom is -0.454 e. The molecule has 7 heteroatoms. The van der Waals surface area contributed by atoms with Crippen LogP contribution in [-0.2, 0) is 0 Å². The van der Waals surface area contributed by atoms with E-state index in [4.69, 9.17) is 9.47 Å². The summed E-state index contributed by atoms with van der Waals surface area (Å²) in [5.41, 5.74) is 0.691. The Hall–Kier alpha value is -2.02. The molecular formula is C12H15N3O4. The van der Waals surface area contributed by atoms with Gasteiger partial charge in [-0.25, -0.2) is 0 Å². The molecule has 0 aliphatic carbocycles. The van der Waals surface area contributed by atoms with Crippen molar-refractivity contribution < 1.29 is 14.4 Å². The third kappa shape index (κ3) is 2.17. The van der Waals surface area contributed by atoms with Crippen molar-refractivity contribution >= 4 is 11.4 Å². The predicted molar refractivity (Wildman–Crippen MR) is 68.9 cm³/mol. The van der Waals surface area contributed by atoms with Crippen molar-refractivity contribution in [3.8, 4) is 11.5 Å². The highest BCUT2D eigenvalue weighted by Gasteiger charge is 2.27. The normalized spacial score (nSPS) is 18.7. The summed E-state index contributed by atoms with van der Waals surface area (Å²) in [6.45, 7) is 3.46. The SMILES string of the molecule is CN1CCN(c2cc3c(cc2[N+](=O)[O-])OCO3)CC1. The number of hydrogen-bond donors (Lipinski definition) is 0. The second-order valence-electron chi connectivity index (χ2n) is 4.74. The molecule has 19 heavy (non-hydrogen) atoms. The van der Waals surface area contributed by atoms with Crippen LogP contribution in [0.25, 0.3) is 0 Å². The molecule has 1 aromatic carbocycles. The van der Waals surface area contributed by atoms with Crippen LogP contribution in [0, 0.1) is 10.1 Å². The Morgan fingerprint density at radius 3 is 2.42 bits per heavy atom. The fraction of sp³-hybridized carbons (Fsp3) is 0.500. The maximum absolute atomic E-state index is 11.2. The number of anilines is 1. The van der Waals surface area contributed by atoms with Gasteiger partial charge in [0.05, 0.1) is 11.0 Å². The highest BCUT2D eigenvalue weighted by atomic mass is 16.7. The Bertz CT molecular complexity index is 512. The van der Waals surface area contributed by atoms with E-state index in [1.54, 1.807) is 6.07 Å². The van der Waals surface area contributed by atoms with Gasteiger partial charge in [-0.3, -0.25) is 10.1 Å². The van der Waals surface area contributed by atoms with Gasteiger partial charge in [0.15, 0.2) is 11.5 Å². The molecule has 102 valence electrons. The summed E-state index contributed by atoms with van der Waals surface area (Å²) < 4.78 is 10.5. The zero-order valence-electron chi connectivity index (χ0n) is 10.7. The van der Waals surface area contributed by atoms with Crippen molar-refractivity contribution in [3.05, 3.63) is 22.2 Å². The highest BCUT2D eigenvalue weighted by molar-refractivity contribution is 5.70. The molecule has 1 fully saturated rings. The number of nitrogens with zero attached hydrogens (tertiary/aromatic N) is 3. The third-order valence-electron chi connectivity index (χ3n) is 3.51. The number of nitro groups is 1. The van der Waals surface area contributed by atoms with E-state index in [-0.39, 0.29) is 17.4 Å². The fourth-order valence-electron chi connectivity index (χ4n) is 2.37. The molecule has 0 aromatic heterocycles. The summed E-state index contributed by atoms with van der Waals surface area (Å²) >= 11 is 0. The molecule has 0 saturated carbocycles. The Morgan fingerprint density at radius 2 is 1.79 bits per heavy atom. The predicted octanol–water partition coefficient (Wildman–Crippen LogP) is 1.08. The van der Waals surface area contributed by atoms with Crippen molar-refractivity contribution in [2.24, 2.45) is 0 Å². The molecule has 2 aliphatic heterocycles. The van der Waals surface area contributed by atoms with Gasteiger partial charge in [0, 0.05) is 32.2 Å². The van der Waals surface area contributed by atoms with Crippen LogP contribution in [0.3, 0.4) is 0 Å². The third-order valence-corrected chi connectivity index (χ3v) is 3.51. The van der Waals surface area contributed by atoms with E-state index in [1.165, 1.54) is 6.07 Å². The average Bonchev–Trinajstić information content (AvgIpc) is 2.85. The number of hydrogen-bond acceptors (Lipinski definition) is 6. The number of nitro benzene ring substituents is 1. The second kappa shape index (κ2) is 4.58. The molecule has 0 radical (unpaired) electrons. The summed E-state index contributed by atoms with van der Waals surface area (Å²) in [6.07, 6.45) is 0. The zero-order chi connectivity index (χ0) is 13.4. The van der Waals surface area contributed by atoms with Gasteiger partial charge < -0.3 is 19.3 Å². The number of ether oxygens (including phenoxy) is 2. The van der Waals surface area contributed by atoms with Gasteiger partial charge in [0.1, 0.15) is 5.69 Å². The lowest BCUT2D eigenvalue weighted by molar-refractivity contribution is -0.384. The van der Waals surface area contributed by atoms with Gasteiger partial charge in [-0.2, -0.15) is 0 Å². The summed E-state index contributed by atoms with van der Waals surface area (Å²) in [5.74, 6) is 1.03. The van der Waals surface area contributed by atoms with Crippen molar-refractivity contribution in [2.75, 3.05) is 44.9 Å². The molecule has 0 spiro atoms. The van der Waals surface area contributed by atoms with Crippen LogP contribution in [0.4, 0.5) is 11.4 Å². The number of piperazine rings is 1. The van der Waals surface area contributed by atoms with Gasteiger partial charge in [0.25, 0.3) is 5.69 Å². The standard InChI is InChI=1S/C12H15N3O4/c1-13-2-4-14(5-3-13)9-6-11-12(19-8-18-11)7-10(9)15(16)17/h6-7H,2-5,8H2,1H3. The van der Waals surface area contributed by atoms with Crippen LogP contribution in [0.15, 0.2) is 12.1 Å². The Kier molecular flexibility index (Phi) is 2.90. The van der Waals surface area contributed by atoms with Crippen LogP contribution in [-0.4, -0.2) is 49.8 Å². The van der Waals surface area contributed by atoms with Crippen molar-refractivity contribution in [1.82, 2.24) is 4.90 Å². The lowest BCUT2D eigenvalue weighted by Crippen LogP contribution is -2.44. The van der Waals surface area contributed by atoms with Gasteiger partial charge in [-0.1, -0.05) is 0 Å². The quantitative estimate of drug-likeness (QED) is 0.588. The number of benzene rings is 1. The molecular weight excluding hydrogens is 250 g/mol. The highest BCUT2D eigenvalue weighted by Crippen LogP contribution is 2.42. The van der Waals surface area contributed by atoms with Crippen LogP contribution in [0.2, 0.25) is 0 Å². The summed E-state index contributed by atoms with van der Waals surface area (Å²) in [6, 6.07) is 3.17. The van der Waals surface area contributed by atoms with Crippen LogP contribution in [0.5, 0.6) is 11.5 Å². The van der Waals surface area contributed by atoms with Gasteiger partial charge in [0.2, 0.25) is 6.79 Å². The van der Waals surface area contributed by atoms with Crippen molar-refractivity contribution in [1.29, 1.82) is 0 Å². The van der Waals surface area contributed by atoms with E-state index < -0.39 is 0 Å². The maximum Gasteiger partial charge on any atom is 0.296 e. The van der Waals surface area contributed by atoms with Crippen LogP contribution >= 0.6 is 0 Å². The first-order valence-electron chi connectivity index (χ1n) is 6.16. The van der Waals surface area contributed by atoms with Gasteiger partial charge >= 0.3 is 0 Å². The summed E-state index contributed by atoms with van der Waals surface area (Å²) in [7, 11) is 2.05. The van der Waals surface area contributed by atoms with E-state index in [9.17, 15) is 10.1 Å². The van der Waals surface area contributed by atoms with Crippen molar-refractivity contribution in [3.63, 3.8) is 0 Å². The first-order chi connectivity index (χ1) is 9.15. The molecule has 2 aliphatic rings. The number of rotatable bonds is 2. The minimum atomic E-state index is -0.365. The van der Waals surface area contributed by atoms with Crippen LogP contribution < -0.4 is 14.4 Å². The minimum absolute atomic E-state index is 0.0776. The van der Waals surface area contributed by atoms with E-state index in [0.29, 0.717) is 17.2 Å². The number of fused-ring (bicyclic) bond motifs is 1. The molecule has 2 heterocycles. The molecule has 1 saturated heterocycles. The Morgan fingerprint density at radius 1 is 1.16 bits per heavy atom. The first kappa shape index (κ1) is 12.0. The Labute approximate surface area is 110 Å². The molecule has 0 amide bonds. The largest absolute Gasteiger partial charge is 0.454 e. The topological polar surface area (TPSA) is 68.1 Å². The van der Waals surface area contributed by atoms with Gasteiger partial charge in [-0.05, 0) is 7.05 Å². The molecule has 0 bridgehead atoms. The summed E-state index contributed by atoms with van der Waals surface area (Å²) in [4.78, 5) is 15.1. The van der Waals surface area contributed by atoms with E-state index in [1.807, 2.05) is 11.9 Å². The van der Waals surface area contributed by atoms with Crippen molar-refractivity contribution in [2.45, 2.75) is 0 Å². The maximum atomic E-state index is 11.2. The monoisotopic (exact) mass is 265 g/mol. The lowest BCUT2D eigenvalue weighted by atomic mass is 10.2. The molecule has 1 aromatic rings. The molecule has 0 atom stereocenters.